The van der Waals surface area contributed by atoms with E-state index >= 15 is 0 Å². The lowest BCUT2D eigenvalue weighted by Gasteiger charge is -2.26. The van der Waals surface area contributed by atoms with Crippen LogP contribution >= 0.6 is 0 Å². The van der Waals surface area contributed by atoms with Crippen LogP contribution < -0.4 is 19.1 Å². The number of sulfonamides is 1. The van der Waals surface area contributed by atoms with Crippen LogP contribution in [0.25, 0.3) is 0 Å². The summed E-state index contributed by atoms with van der Waals surface area (Å²) in [6, 6.07) is 10.3. The van der Waals surface area contributed by atoms with Crippen molar-refractivity contribution in [1.29, 1.82) is 0 Å². The second kappa shape index (κ2) is 8.96. The van der Waals surface area contributed by atoms with Crippen molar-refractivity contribution in [3.05, 3.63) is 48.0 Å². The van der Waals surface area contributed by atoms with Crippen LogP contribution in [0, 0.1) is 0 Å². The Labute approximate surface area is 169 Å². The molecule has 0 saturated carbocycles. The lowest BCUT2D eigenvalue weighted by Crippen LogP contribution is -2.29. The van der Waals surface area contributed by atoms with Crippen LogP contribution in [0.4, 0.5) is 14.5 Å². The van der Waals surface area contributed by atoms with Gasteiger partial charge >= 0.3 is 6.61 Å². The molecule has 1 saturated heterocycles. The molecular weight excluding hydrogens is 402 g/mol. The monoisotopic (exact) mass is 426 g/mol. The SMILES string of the molecule is COc1ccc(S(=O)(=O)N(C)c2ccc(OC(F)F)cc2)cc1[C@H]1CCCNC1. The third-order valence-corrected chi connectivity index (χ3v) is 6.80. The maximum atomic E-state index is 13.1. The Morgan fingerprint density at radius 3 is 2.48 bits per heavy atom. The lowest BCUT2D eigenvalue weighted by molar-refractivity contribution is -0.0498. The average molecular weight is 426 g/mol. The quantitative estimate of drug-likeness (QED) is 0.733. The van der Waals surface area contributed by atoms with Gasteiger partial charge in [0.1, 0.15) is 11.5 Å². The van der Waals surface area contributed by atoms with E-state index in [-0.39, 0.29) is 16.6 Å². The number of nitrogens with one attached hydrogen (secondary N) is 1. The molecule has 1 heterocycles. The van der Waals surface area contributed by atoms with E-state index in [1.54, 1.807) is 19.2 Å². The van der Waals surface area contributed by atoms with E-state index in [2.05, 4.69) is 10.1 Å². The molecule has 1 atom stereocenters. The minimum Gasteiger partial charge on any atom is -0.496 e. The van der Waals surface area contributed by atoms with E-state index in [9.17, 15) is 17.2 Å². The molecule has 0 aliphatic carbocycles. The maximum absolute atomic E-state index is 13.1. The van der Waals surface area contributed by atoms with Gasteiger partial charge < -0.3 is 14.8 Å². The number of hydrogen-bond donors (Lipinski definition) is 1. The molecule has 3 rings (SSSR count). The van der Waals surface area contributed by atoms with Gasteiger partial charge in [0.2, 0.25) is 0 Å². The van der Waals surface area contributed by atoms with Crippen molar-refractivity contribution >= 4 is 15.7 Å². The number of alkyl halides is 2. The summed E-state index contributed by atoms with van der Waals surface area (Å²) in [5.74, 6) is 0.796. The molecular formula is C20H24F2N2O4S. The summed E-state index contributed by atoms with van der Waals surface area (Å²) in [7, 11) is -0.857. The van der Waals surface area contributed by atoms with Crippen molar-refractivity contribution in [1.82, 2.24) is 5.32 Å². The van der Waals surface area contributed by atoms with Gasteiger partial charge in [-0.25, -0.2) is 8.42 Å². The molecule has 0 aromatic heterocycles. The Hall–Kier alpha value is -2.39. The molecule has 0 radical (unpaired) electrons. The number of methoxy groups -OCH3 is 1. The van der Waals surface area contributed by atoms with Crippen LogP contribution in [-0.2, 0) is 10.0 Å². The number of ether oxygens (including phenoxy) is 2. The van der Waals surface area contributed by atoms with Crippen molar-refractivity contribution < 1.29 is 26.7 Å². The molecule has 0 bridgehead atoms. The summed E-state index contributed by atoms with van der Waals surface area (Å²) < 4.78 is 61.8. The zero-order valence-corrected chi connectivity index (χ0v) is 17.1. The second-order valence-corrected chi connectivity index (χ2v) is 8.76. The van der Waals surface area contributed by atoms with Gasteiger partial charge in [0.25, 0.3) is 10.0 Å². The van der Waals surface area contributed by atoms with Crippen molar-refractivity contribution in [2.75, 3.05) is 31.6 Å². The van der Waals surface area contributed by atoms with E-state index in [0.29, 0.717) is 11.4 Å². The van der Waals surface area contributed by atoms with E-state index in [4.69, 9.17) is 4.74 Å². The van der Waals surface area contributed by atoms with Crippen molar-refractivity contribution in [2.45, 2.75) is 30.3 Å². The molecule has 1 aliphatic rings. The Morgan fingerprint density at radius 1 is 1.17 bits per heavy atom. The molecule has 0 spiro atoms. The van der Waals surface area contributed by atoms with E-state index in [0.717, 1.165) is 35.8 Å². The van der Waals surface area contributed by atoms with Gasteiger partial charge in [-0.15, -0.1) is 0 Å². The first-order chi connectivity index (χ1) is 13.8. The fourth-order valence-electron chi connectivity index (χ4n) is 3.44. The third kappa shape index (κ3) is 4.79. The van der Waals surface area contributed by atoms with Crippen molar-refractivity contribution in [3.8, 4) is 11.5 Å². The van der Waals surface area contributed by atoms with Crippen LogP contribution in [0.2, 0.25) is 0 Å². The normalized spacial score (nSPS) is 17.2. The number of hydrogen-bond acceptors (Lipinski definition) is 5. The van der Waals surface area contributed by atoms with Crippen LogP contribution in [0.1, 0.15) is 24.3 Å². The fraction of sp³-hybridized carbons (Fsp3) is 0.400. The van der Waals surface area contributed by atoms with Crippen LogP contribution in [0.5, 0.6) is 11.5 Å². The molecule has 1 N–H and O–H groups in total. The predicted molar refractivity (Wildman–Crippen MR) is 107 cm³/mol. The number of halogens is 2. The molecule has 1 aliphatic heterocycles. The van der Waals surface area contributed by atoms with Gasteiger partial charge in [-0.3, -0.25) is 4.31 Å². The average Bonchev–Trinajstić information content (AvgIpc) is 2.73. The molecule has 158 valence electrons. The number of benzene rings is 2. The number of nitrogens with zero attached hydrogens (tertiary/aromatic N) is 1. The Kier molecular flexibility index (Phi) is 6.59. The first kappa shape index (κ1) is 21.3. The summed E-state index contributed by atoms with van der Waals surface area (Å²) in [4.78, 5) is 0.147. The van der Waals surface area contributed by atoms with Gasteiger partial charge in [-0.2, -0.15) is 8.78 Å². The largest absolute Gasteiger partial charge is 0.496 e. The zero-order chi connectivity index (χ0) is 21.0. The van der Waals surface area contributed by atoms with Crippen LogP contribution in [0.15, 0.2) is 47.4 Å². The maximum Gasteiger partial charge on any atom is 0.387 e. The molecule has 9 heteroatoms. The summed E-state index contributed by atoms with van der Waals surface area (Å²) in [5, 5.41) is 3.33. The summed E-state index contributed by atoms with van der Waals surface area (Å²) >= 11 is 0. The molecule has 1 fully saturated rings. The van der Waals surface area contributed by atoms with Crippen molar-refractivity contribution in [3.63, 3.8) is 0 Å². The molecule has 2 aromatic carbocycles. The zero-order valence-electron chi connectivity index (χ0n) is 16.3. The Balaban J connectivity index is 1.89. The highest BCUT2D eigenvalue weighted by Gasteiger charge is 2.26. The predicted octanol–water partition coefficient (Wildman–Crippen LogP) is 3.59. The van der Waals surface area contributed by atoms with Gasteiger partial charge in [-0.05, 0) is 67.4 Å². The minimum absolute atomic E-state index is 0.0360. The van der Waals surface area contributed by atoms with E-state index in [1.165, 1.54) is 37.4 Å². The van der Waals surface area contributed by atoms with Crippen molar-refractivity contribution in [2.24, 2.45) is 0 Å². The van der Waals surface area contributed by atoms with Gasteiger partial charge in [0.15, 0.2) is 0 Å². The minimum atomic E-state index is -3.85. The van der Waals surface area contributed by atoms with E-state index < -0.39 is 16.6 Å². The molecule has 0 amide bonds. The first-order valence-corrected chi connectivity index (χ1v) is 10.7. The topological polar surface area (TPSA) is 67.9 Å². The number of piperidine rings is 1. The summed E-state index contributed by atoms with van der Waals surface area (Å²) in [6.07, 6.45) is 1.96. The highest BCUT2D eigenvalue weighted by atomic mass is 32.2. The Bertz CT molecular complexity index is 930. The second-order valence-electron chi connectivity index (χ2n) is 6.79. The molecule has 29 heavy (non-hydrogen) atoms. The van der Waals surface area contributed by atoms with E-state index in [1.807, 2.05) is 0 Å². The number of anilines is 1. The van der Waals surface area contributed by atoms with Gasteiger partial charge in [0, 0.05) is 19.5 Å². The number of rotatable bonds is 7. The molecule has 0 unspecified atom stereocenters. The van der Waals surface area contributed by atoms with Gasteiger partial charge in [-0.1, -0.05) is 0 Å². The Morgan fingerprint density at radius 2 is 1.90 bits per heavy atom. The molecule has 2 aromatic rings. The standard InChI is InChI=1S/C20H24F2N2O4S/c1-24(15-5-7-16(8-6-15)28-20(21)22)29(25,26)17-9-10-19(27-2)18(12-17)14-4-3-11-23-13-14/h5-10,12,14,20,23H,3-4,11,13H2,1-2H3/t14-/m0/s1. The smallest absolute Gasteiger partial charge is 0.387 e. The van der Waals surface area contributed by atoms with Crippen LogP contribution in [-0.4, -0.2) is 42.3 Å². The first-order valence-electron chi connectivity index (χ1n) is 9.25. The summed E-state index contributed by atoms with van der Waals surface area (Å²) in [5.41, 5.74) is 1.19. The third-order valence-electron chi connectivity index (χ3n) is 5.02. The molecule has 6 nitrogen and oxygen atoms in total. The lowest BCUT2D eigenvalue weighted by atomic mass is 9.91. The van der Waals surface area contributed by atoms with Crippen LogP contribution in [0.3, 0.4) is 0 Å². The highest BCUT2D eigenvalue weighted by Crippen LogP contribution is 2.34. The highest BCUT2D eigenvalue weighted by molar-refractivity contribution is 7.92. The fourth-order valence-corrected chi connectivity index (χ4v) is 4.67. The van der Waals surface area contributed by atoms with Gasteiger partial charge in [0.05, 0.1) is 17.7 Å². The summed E-state index contributed by atoms with van der Waals surface area (Å²) in [6.45, 7) is -1.22.